The van der Waals surface area contributed by atoms with Gasteiger partial charge in [0.15, 0.2) is 5.75 Å². The van der Waals surface area contributed by atoms with E-state index in [-0.39, 0.29) is 17.7 Å². The lowest BCUT2D eigenvalue weighted by molar-refractivity contribution is -0.135. The number of rotatable bonds is 1. The highest BCUT2D eigenvalue weighted by atomic mass is 16.5. The van der Waals surface area contributed by atoms with Crippen molar-refractivity contribution in [2.24, 2.45) is 0 Å². The van der Waals surface area contributed by atoms with Crippen molar-refractivity contribution in [3.8, 4) is 5.75 Å². The van der Waals surface area contributed by atoms with Crippen LogP contribution < -0.4 is 16.0 Å². The van der Waals surface area contributed by atoms with Crippen LogP contribution in [0.15, 0.2) is 85.2 Å². The first-order valence-corrected chi connectivity index (χ1v) is 9.82. The normalized spacial score (nSPS) is 15.9. The highest BCUT2D eigenvalue weighted by molar-refractivity contribution is 6.05. The van der Waals surface area contributed by atoms with Crippen LogP contribution in [0, 0.1) is 0 Å². The predicted octanol–water partition coefficient (Wildman–Crippen LogP) is 4.49. The van der Waals surface area contributed by atoms with Crippen LogP contribution in [0.2, 0.25) is 0 Å². The summed E-state index contributed by atoms with van der Waals surface area (Å²) in [6.45, 7) is 0. The van der Waals surface area contributed by atoms with Gasteiger partial charge in [-0.25, -0.2) is 9.59 Å². The van der Waals surface area contributed by atoms with Gasteiger partial charge in [0.25, 0.3) is 0 Å². The van der Waals surface area contributed by atoms with E-state index in [1.54, 1.807) is 24.3 Å². The maximum Gasteiger partial charge on any atom is 0.343 e. The van der Waals surface area contributed by atoms with Crippen molar-refractivity contribution in [1.82, 2.24) is 0 Å². The lowest BCUT2D eigenvalue weighted by Crippen LogP contribution is -2.27. The smallest absolute Gasteiger partial charge is 0.343 e. The zero-order valence-electron chi connectivity index (χ0n) is 16.1. The Hall–Kier alpha value is -4.19. The quantitative estimate of drug-likeness (QED) is 0.230. The number of para-hydroxylation sites is 1. The van der Waals surface area contributed by atoms with E-state index in [0.29, 0.717) is 27.5 Å². The number of hydrogen-bond donors (Lipinski definition) is 0. The standard InChI is InChI=1S/C25H14O6/c26-20-11-17(15-10-9-13-5-1-2-6-14(13)23(15)30-20)18-12-21(27)31-24-16-7-3-4-8-19(16)29-25(28)22(18)24/h1-11,18H,12H2. The molecule has 0 amide bonds. The van der Waals surface area contributed by atoms with E-state index in [0.717, 1.165) is 10.8 Å². The Morgan fingerprint density at radius 2 is 1.55 bits per heavy atom. The SMILES string of the molecule is O=C1CC(c2cc(=O)oc3c2ccc2ccccc23)c2c(c3ccccc3oc2=O)O1. The molecule has 6 nitrogen and oxygen atoms in total. The highest BCUT2D eigenvalue weighted by Crippen LogP contribution is 2.42. The molecule has 31 heavy (non-hydrogen) atoms. The van der Waals surface area contributed by atoms with Crippen LogP contribution in [0.25, 0.3) is 32.7 Å². The van der Waals surface area contributed by atoms with Gasteiger partial charge in [0.1, 0.15) is 11.2 Å². The van der Waals surface area contributed by atoms with E-state index in [2.05, 4.69) is 0 Å². The number of fused-ring (bicyclic) bond motifs is 6. The average Bonchev–Trinajstić information content (AvgIpc) is 2.78. The Balaban J connectivity index is 1.71. The molecule has 3 aromatic carbocycles. The third-order valence-electron chi connectivity index (χ3n) is 5.78. The molecule has 1 aliphatic heterocycles. The minimum absolute atomic E-state index is 0.0819. The minimum atomic E-state index is -0.690. The molecule has 6 rings (SSSR count). The molecule has 1 unspecified atom stereocenters. The summed E-state index contributed by atoms with van der Waals surface area (Å²) in [5.41, 5.74) is 0.392. The summed E-state index contributed by atoms with van der Waals surface area (Å²) < 4.78 is 16.5. The van der Waals surface area contributed by atoms with E-state index >= 15 is 0 Å². The molecule has 0 N–H and O–H groups in total. The Labute approximate surface area is 174 Å². The number of hydrogen-bond acceptors (Lipinski definition) is 6. The second kappa shape index (κ2) is 6.40. The van der Waals surface area contributed by atoms with Crippen LogP contribution in [-0.4, -0.2) is 5.97 Å². The fourth-order valence-electron chi connectivity index (χ4n) is 4.44. The summed E-state index contributed by atoms with van der Waals surface area (Å²) >= 11 is 0. The molecular weight excluding hydrogens is 396 g/mol. The number of ether oxygens (including phenoxy) is 1. The van der Waals surface area contributed by atoms with Crippen molar-refractivity contribution >= 4 is 38.7 Å². The molecule has 0 spiro atoms. The molecule has 0 saturated carbocycles. The van der Waals surface area contributed by atoms with E-state index in [9.17, 15) is 14.4 Å². The fraction of sp³-hybridized carbons (Fsp3) is 0.0800. The monoisotopic (exact) mass is 410 g/mol. The van der Waals surface area contributed by atoms with E-state index in [4.69, 9.17) is 13.6 Å². The van der Waals surface area contributed by atoms with Gasteiger partial charge in [-0.2, -0.15) is 0 Å². The van der Waals surface area contributed by atoms with Gasteiger partial charge >= 0.3 is 17.2 Å². The predicted molar refractivity (Wildman–Crippen MR) is 115 cm³/mol. The zero-order valence-corrected chi connectivity index (χ0v) is 16.1. The second-order valence-electron chi connectivity index (χ2n) is 7.54. The van der Waals surface area contributed by atoms with Gasteiger partial charge in [0.2, 0.25) is 0 Å². The summed E-state index contributed by atoms with van der Waals surface area (Å²) in [6, 6.07) is 19.6. The number of carbonyl (C=O) groups excluding carboxylic acids is 1. The van der Waals surface area contributed by atoms with Crippen molar-refractivity contribution in [2.45, 2.75) is 12.3 Å². The molecule has 0 radical (unpaired) electrons. The van der Waals surface area contributed by atoms with E-state index < -0.39 is 23.1 Å². The first-order valence-electron chi connectivity index (χ1n) is 9.82. The van der Waals surface area contributed by atoms with Gasteiger partial charge in [-0.3, -0.25) is 4.79 Å². The molecule has 0 saturated heterocycles. The number of carbonyl (C=O) groups is 1. The lowest BCUT2D eigenvalue weighted by atomic mass is 9.85. The largest absolute Gasteiger partial charge is 0.425 e. The minimum Gasteiger partial charge on any atom is -0.425 e. The molecule has 0 aliphatic carbocycles. The molecule has 150 valence electrons. The third kappa shape index (κ3) is 2.61. The fourth-order valence-corrected chi connectivity index (χ4v) is 4.44. The van der Waals surface area contributed by atoms with Crippen molar-refractivity contribution in [3.05, 3.63) is 98.7 Å². The van der Waals surface area contributed by atoms with Gasteiger partial charge in [-0.05, 0) is 23.1 Å². The summed E-state index contributed by atoms with van der Waals surface area (Å²) in [5.74, 6) is -0.976. The Morgan fingerprint density at radius 3 is 2.42 bits per heavy atom. The van der Waals surface area contributed by atoms with Crippen LogP contribution >= 0.6 is 0 Å². The Bertz CT molecular complexity index is 1660. The molecule has 2 aromatic heterocycles. The summed E-state index contributed by atoms with van der Waals surface area (Å²) in [6.07, 6.45) is -0.0819. The highest BCUT2D eigenvalue weighted by Gasteiger charge is 2.35. The Morgan fingerprint density at radius 1 is 0.774 bits per heavy atom. The molecule has 0 fully saturated rings. The average molecular weight is 410 g/mol. The number of benzene rings is 3. The van der Waals surface area contributed by atoms with Crippen molar-refractivity contribution < 1.29 is 18.4 Å². The molecule has 1 atom stereocenters. The van der Waals surface area contributed by atoms with Crippen LogP contribution in [-0.2, 0) is 4.79 Å². The van der Waals surface area contributed by atoms with Crippen LogP contribution in [0.3, 0.4) is 0 Å². The van der Waals surface area contributed by atoms with Crippen molar-refractivity contribution in [2.75, 3.05) is 0 Å². The maximum absolute atomic E-state index is 12.9. The molecule has 6 heteroatoms. The first kappa shape index (κ1) is 17.7. The van der Waals surface area contributed by atoms with Gasteiger partial charge in [-0.15, -0.1) is 0 Å². The Kier molecular flexibility index (Phi) is 3.65. The van der Waals surface area contributed by atoms with Gasteiger partial charge < -0.3 is 13.6 Å². The van der Waals surface area contributed by atoms with Crippen LogP contribution in [0.4, 0.5) is 0 Å². The zero-order chi connectivity index (χ0) is 21.1. The van der Waals surface area contributed by atoms with Crippen molar-refractivity contribution in [3.63, 3.8) is 0 Å². The molecule has 5 aromatic rings. The molecule has 1 aliphatic rings. The number of esters is 1. The third-order valence-corrected chi connectivity index (χ3v) is 5.78. The molecular formula is C25H14O6. The first-order chi connectivity index (χ1) is 15.1. The summed E-state index contributed by atoms with van der Waals surface area (Å²) in [4.78, 5) is 38.0. The van der Waals surface area contributed by atoms with Crippen molar-refractivity contribution in [1.29, 1.82) is 0 Å². The molecule has 0 bridgehead atoms. The second-order valence-corrected chi connectivity index (χ2v) is 7.54. The van der Waals surface area contributed by atoms with Crippen LogP contribution in [0.1, 0.15) is 23.5 Å². The molecule has 3 heterocycles. The van der Waals surface area contributed by atoms with E-state index in [1.165, 1.54) is 6.07 Å². The van der Waals surface area contributed by atoms with E-state index in [1.807, 2.05) is 36.4 Å². The van der Waals surface area contributed by atoms with Gasteiger partial charge in [0.05, 0.1) is 17.4 Å². The summed E-state index contributed by atoms with van der Waals surface area (Å²) in [7, 11) is 0. The van der Waals surface area contributed by atoms with Gasteiger partial charge in [-0.1, -0.05) is 48.5 Å². The summed E-state index contributed by atoms with van der Waals surface area (Å²) in [5, 5.41) is 2.90. The topological polar surface area (TPSA) is 86.7 Å². The van der Waals surface area contributed by atoms with Gasteiger partial charge in [0, 0.05) is 22.8 Å². The lowest BCUT2D eigenvalue weighted by Gasteiger charge is -2.25. The van der Waals surface area contributed by atoms with Crippen LogP contribution in [0.5, 0.6) is 5.75 Å². The maximum atomic E-state index is 12.9.